The molecule has 2 heterocycles. The number of likely N-dealkylation sites (tertiary alicyclic amines) is 1. The summed E-state index contributed by atoms with van der Waals surface area (Å²) in [6.07, 6.45) is 0.299. The van der Waals surface area contributed by atoms with Crippen molar-refractivity contribution >= 4 is 28.2 Å². The number of nitrogen functional groups attached to an aromatic ring is 1. The fraction of sp³-hybridized carbons (Fsp3) is 0.714. The molecule has 21 heavy (non-hydrogen) atoms. The Morgan fingerprint density at radius 1 is 1.52 bits per heavy atom. The van der Waals surface area contributed by atoms with Crippen LogP contribution >= 0.6 is 11.3 Å². The lowest BCUT2D eigenvalue weighted by atomic mass is 9.97. The number of rotatable bonds is 4. The molecule has 2 unspecified atom stereocenters. The highest BCUT2D eigenvalue weighted by Crippen LogP contribution is 2.30. The van der Waals surface area contributed by atoms with Gasteiger partial charge in [0.1, 0.15) is 10.7 Å². The molecule has 0 bridgehead atoms. The van der Waals surface area contributed by atoms with Gasteiger partial charge in [0.25, 0.3) is 5.91 Å². The third kappa shape index (κ3) is 3.29. The summed E-state index contributed by atoms with van der Waals surface area (Å²) in [5, 5.41) is 10.6. The Hall–Kier alpha value is -1.34. The molecule has 1 aliphatic rings. The summed E-state index contributed by atoms with van der Waals surface area (Å²) < 4.78 is 0. The van der Waals surface area contributed by atoms with Gasteiger partial charge in [0, 0.05) is 26.2 Å². The number of nitrogens with zero attached hydrogens (tertiary/aromatic N) is 3. The van der Waals surface area contributed by atoms with Crippen molar-refractivity contribution in [1.82, 2.24) is 9.88 Å². The van der Waals surface area contributed by atoms with E-state index in [1.807, 2.05) is 6.92 Å². The average molecular weight is 312 g/mol. The van der Waals surface area contributed by atoms with E-state index < -0.39 is 0 Å². The Morgan fingerprint density at radius 3 is 2.76 bits per heavy atom. The molecular formula is C14H24N4O2S. The second-order valence-electron chi connectivity index (χ2n) is 5.47. The standard InChI is InChI=1S/C14H24N4O2S/c1-4-17(5-2)14-16-12(15)11(21-14)13(20)18-7-6-10(19)9(3)8-18/h9-10,19H,4-8,15H2,1-3H3. The molecule has 0 aromatic carbocycles. The lowest BCUT2D eigenvalue weighted by Gasteiger charge is -2.34. The zero-order valence-corrected chi connectivity index (χ0v) is 13.7. The van der Waals surface area contributed by atoms with Gasteiger partial charge in [-0.25, -0.2) is 4.98 Å². The second kappa shape index (κ2) is 6.62. The number of nitrogens with two attached hydrogens (primary N) is 1. The molecule has 1 aliphatic heterocycles. The largest absolute Gasteiger partial charge is 0.393 e. The van der Waals surface area contributed by atoms with Crippen LogP contribution in [0.15, 0.2) is 0 Å². The van der Waals surface area contributed by atoms with Gasteiger partial charge in [0.15, 0.2) is 5.13 Å². The third-order valence-electron chi connectivity index (χ3n) is 4.02. The Morgan fingerprint density at radius 2 is 2.19 bits per heavy atom. The molecule has 1 aromatic heterocycles. The van der Waals surface area contributed by atoms with Gasteiger partial charge < -0.3 is 20.6 Å². The molecular weight excluding hydrogens is 288 g/mol. The number of carbonyl (C=O) groups is 1. The molecule has 7 heteroatoms. The SMILES string of the molecule is CCN(CC)c1nc(N)c(C(=O)N2CCC(O)C(C)C2)s1. The number of aliphatic hydroxyl groups excluding tert-OH is 1. The van der Waals surface area contributed by atoms with Crippen LogP contribution in [0.3, 0.4) is 0 Å². The zero-order chi connectivity index (χ0) is 15.6. The lowest BCUT2D eigenvalue weighted by Crippen LogP contribution is -2.44. The van der Waals surface area contributed by atoms with Gasteiger partial charge in [0.2, 0.25) is 0 Å². The summed E-state index contributed by atoms with van der Waals surface area (Å²) in [6.45, 7) is 8.88. The van der Waals surface area contributed by atoms with Crippen LogP contribution in [0.2, 0.25) is 0 Å². The summed E-state index contributed by atoms with van der Waals surface area (Å²) in [6, 6.07) is 0. The fourth-order valence-corrected chi connectivity index (χ4v) is 3.64. The highest BCUT2D eigenvalue weighted by atomic mass is 32.1. The molecule has 0 spiro atoms. The van der Waals surface area contributed by atoms with Crippen LogP contribution in [0.1, 0.15) is 36.9 Å². The minimum Gasteiger partial charge on any atom is -0.393 e. The molecule has 6 nitrogen and oxygen atoms in total. The first kappa shape index (κ1) is 16.0. The molecule has 1 aromatic rings. The van der Waals surface area contributed by atoms with Crippen molar-refractivity contribution < 1.29 is 9.90 Å². The monoisotopic (exact) mass is 312 g/mol. The van der Waals surface area contributed by atoms with Crippen molar-refractivity contribution in [3.63, 3.8) is 0 Å². The van der Waals surface area contributed by atoms with Crippen molar-refractivity contribution in [2.45, 2.75) is 33.3 Å². The van der Waals surface area contributed by atoms with Crippen LogP contribution in [0.5, 0.6) is 0 Å². The topological polar surface area (TPSA) is 82.7 Å². The van der Waals surface area contributed by atoms with E-state index in [0.717, 1.165) is 18.2 Å². The van der Waals surface area contributed by atoms with Gasteiger partial charge in [-0.05, 0) is 26.2 Å². The van der Waals surface area contributed by atoms with Crippen LogP contribution in [-0.4, -0.2) is 53.2 Å². The van der Waals surface area contributed by atoms with Gasteiger partial charge in [-0.1, -0.05) is 18.3 Å². The van der Waals surface area contributed by atoms with E-state index in [-0.39, 0.29) is 17.9 Å². The average Bonchev–Trinajstić information content (AvgIpc) is 2.84. The van der Waals surface area contributed by atoms with E-state index in [1.54, 1.807) is 4.90 Å². The first-order valence-corrected chi connectivity index (χ1v) is 8.28. The maximum atomic E-state index is 12.6. The molecule has 1 fully saturated rings. The quantitative estimate of drug-likeness (QED) is 0.878. The Balaban J connectivity index is 2.16. The molecule has 1 saturated heterocycles. The summed E-state index contributed by atoms with van der Waals surface area (Å²) in [5.74, 6) is 0.340. The second-order valence-corrected chi connectivity index (χ2v) is 6.45. The molecule has 3 N–H and O–H groups in total. The maximum Gasteiger partial charge on any atom is 0.267 e. The van der Waals surface area contributed by atoms with Crippen molar-refractivity contribution in [2.24, 2.45) is 5.92 Å². The molecule has 118 valence electrons. The van der Waals surface area contributed by atoms with Gasteiger partial charge >= 0.3 is 0 Å². The number of carbonyl (C=O) groups excluding carboxylic acids is 1. The molecule has 2 atom stereocenters. The van der Waals surface area contributed by atoms with Crippen LogP contribution in [0, 0.1) is 5.92 Å². The molecule has 0 aliphatic carbocycles. The molecule has 2 rings (SSSR count). The number of hydrogen-bond acceptors (Lipinski definition) is 6. The van der Waals surface area contributed by atoms with Crippen LogP contribution in [0.4, 0.5) is 10.9 Å². The smallest absolute Gasteiger partial charge is 0.267 e. The number of amides is 1. The summed E-state index contributed by atoms with van der Waals surface area (Å²) in [7, 11) is 0. The minimum absolute atomic E-state index is 0.0674. The summed E-state index contributed by atoms with van der Waals surface area (Å²) >= 11 is 1.36. The third-order valence-corrected chi connectivity index (χ3v) is 5.14. The molecule has 0 saturated carbocycles. The van der Waals surface area contributed by atoms with Crippen LogP contribution in [-0.2, 0) is 0 Å². The number of piperidine rings is 1. The molecule has 1 amide bonds. The first-order chi connectivity index (χ1) is 9.97. The normalized spacial score (nSPS) is 22.4. The van der Waals surface area contributed by atoms with Gasteiger partial charge in [0.05, 0.1) is 6.10 Å². The van der Waals surface area contributed by atoms with Crippen molar-refractivity contribution in [2.75, 3.05) is 36.8 Å². The number of aromatic nitrogens is 1. The Bertz CT molecular complexity index is 501. The Labute approximate surface area is 129 Å². The van der Waals surface area contributed by atoms with E-state index in [9.17, 15) is 9.90 Å². The zero-order valence-electron chi connectivity index (χ0n) is 12.9. The van der Waals surface area contributed by atoms with E-state index in [4.69, 9.17) is 5.73 Å². The number of hydrogen-bond donors (Lipinski definition) is 2. The summed E-state index contributed by atoms with van der Waals surface area (Å²) in [5.41, 5.74) is 5.93. The fourth-order valence-electron chi connectivity index (χ4n) is 2.56. The van der Waals surface area contributed by atoms with Crippen molar-refractivity contribution in [1.29, 1.82) is 0 Å². The minimum atomic E-state index is -0.320. The summed E-state index contributed by atoms with van der Waals surface area (Å²) in [4.78, 5) is 21.3. The van der Waals surface area contributed by atoms with E-state index in [0.29, 0.717) is 30.2 Å². The van der Waals surface area contributed by atoms with Crippen molar-refractivity contribution in [3.05, 3.63) is 4.88 Å². The van der Waals surface area contributed by atoms with E-state index in [1.165, 1.54) is 11.3 Å². The van der Waals surface area contributed by atoms with Crippen LogP contribution in [0.25, 0.3) is 0 Å². The van der Waals surface area contributed by atoms with Gasteiger partial charge in [-0.15, -0.1) is 0 Å². The van der Waals surface area contributed by atoms with Crippen LogP contribution < -0.4 is 10.6 Å². The van der Waals surface area contributed by atoms with Gasteiger partial charge in [-0.3, -0.25) is 4.79 Å². The number of anilines is 2. The Kier molecular flexibility index (Phi) is 5.05. The molecule has 0 radical (unpaired) electrons. The van der Waals surface area contributed by atoms with E-state index in [2.05, 4.69) is 23.7 Å². The number of aliphatic hydroxyl groups is 1. The highest BCUT2D eigenvalue weighted by Gasteiger charge is 2.30. The van der Waals surface area contributed by atoms with Crippen molar-refractivity contribution in [3.8, 4) is 0 Å². The van der Waals surface area contributed by atoms with E-state index >= 15 is 0 Å². The first-order valence-electron chi connectivity index (χ1n) is 7.46. The maximum absolute atomic E-state index is 12.6. The number of thiazole rings is 1. The van der Waals surface area contributed by atoms with Gasteiger partial charge in [-0.2, -0.15) is 0 Å². The predicted octanol–water partition coefficient (Wildman–Crippen LogP) is 1.41. The predicted molar refractivity (Wildman–Crippen MR) is 85.8 cm³/mol. The highest BCUT2D eigenvalue weighted by molar-refractivity contribution is 7.18. The lowest BCUT2D eigenvalue weighted by molar-refractivity contribution is 0.0301.